The van der Waals surface area contributed by atoms with E-state index in [1.54, 1.807) is 18.2 Å². The highest BCUT2D eigenvalue weighted by molar-refractivity contribution is 6.31. The molecule has 5 heteroatoms. The number of benzene rings is 2. The van der Waals surface area contributed by atoms with Gasteiger partial charge in [-0.3, -0.25) is 4.79 Å². The van der Waals surface area contributed by atoms with Crippen LogP contribution in [-0.2, 0) is 0 Å². The molecule has 0 radical (unpaired) electrons. The smallest absolute Gasteiger partial charge is 0.255 e. The molecule has 0 fully saturated rings. The van der Waals surface area contributed by atoms with Crippen LogP contribution in [0.15, 0.2) is 42.5 Å². The van der Waals surface area contributed by atoms with Gasteiger partial charge in [-0.05, 0) is 42.8 Å². The third-order valence-electron chi connectivity index (χ3n) is 3.05. The van der Waals surface area contributed by atoms with Crippen molar-refractivity contribution >= 4 is 17.5 Å². The number of rotatable bonds is 6. The molecule has 2 aromatic carbocycles. The maximum Gasteiger partial charge on any atom is 0.255 e. The van der Waals surface area contributed by atoms with E-state index in [2.05, 4.69) is 5.32 Å². The second-order valence-electron chi connectivity index (χ2n) is 4.77. The van der Waals surface area contributed by atoms with Gasteiger partial charge in [0.1, 0.15) is 18.1 Å². The summed E-state index contributed by atoms with van der Waals surface area (Å²) in [6, 6.07) is 12.7. The average molecular weight is 320 g/mol. The number of carbonyl (C=O) groups is 1. The van der Waals surface area contributed by atoms with Gasteiger partial charge in [-0.15, -0.1) is 0 Å². The maximum absolute atomic E-state index is 12.1. The lowest BCUT2D eigenvalue weighted by molar-refractivity contribution is 0.0944. The summed E-state index contributed by atoms with van der Waals surface area (Å²) in [6.45, 7) is 2.78. The predicted molar refractivity (Wildman–Crippen MR) is 87.0 cm³/mol. The fourth-order valence-electron chi connectivity index (χ4n) is 1.99. The highest BCUT2D eigenvalue weighted by atomic mass is 35.5. The van der Waals surface area contributed by atoms with Gasteiger partial charge in [0.15, 0.2) is 0 Å². The molecule has 0 saturated heterocycles. The SMILES string of the molecule is COc1ccc(Cl)cc1C(=O)NCCOc1cccc(C)c1. The summed E-state index contributed by atoms with van der Waals surface area (Å²) in [5.41, 5.74) is 1.54. The normalized spacial score (nSPS) is 10.1. The Morgan fingerprint density at radius 3 is 2.77 bits per heavy atom. The first kappa shape index (κ1) is 16.2. The van der Waals surface area contributed by atoms with Gasteiger partial charge in [-0.1, -0.05) is 23.7 Å². The Morgan fingerprint density at radius 1 is 1.23 bits per heavy atom. The molecule has 2 rings (SSSR count). The molecule has 1 N–H and O–H groups in total. The van der Waals surface area contributed by atoms with E-state index in [-0.39, 0.29) is 5.91 Å². The van der Waals surface area contributed by atoms with Crippen LogP contribution in [0.3, 0.4) is 0 Å². The minimum atomic E-state index is -0.243. The third kappa shape index (κ3) is 4.40. The zero-order chi connectivity index (χ0) is 15.9. The van der Waals surface area contributed by atoms with Gasteiger partial charge in [0.05, 0.1) is 19.2 Å². The van der Waals surface area contributed by atoms with Crippen molar-refractivity contribution in [3.05, 3.63) is 58.6 Å². The molecule has 2 aromatic rings. The van der Waals surface area contributed by atoms with E-state index >= 15 is 0 Å². The molecule has 1 amide bonds. The molecule has 0 saturated carbocycles. The molecule has 0 aliphatic carbocycles. The first-order chi connectivity index (χ1) is 10.6. The average Bonchev–Trinajstić information content (AvgIpc) is 2.51. The van der Waals surface area contributed by atoms with Crippen molar-refractivity contribution in [2.45, 2.75) is 6.92 Å². The van der Waals surface area contributed by atoms with E-state index in [1.165, 1.54) is 7.11 Å². The Balaban J connectivity index is 1.87. The highest BCUT2D eigenvalue weighted by Crippen LogP contribution is 2.22. The first-order valence-corrected chi connectivity index (χ1v) is 7.29. The minimum Gasteiger partial charge on any atom is -0.496 e. The van der Waals surface area contributed by atoms with Crippen molar-refractivity contribution in [1.82, 2.24) is 5.32 Å². The van der Waals surface area contributed by atoms with Crippen LogP contribution in [0.25, 0.3) is 0 Å². The molecule has 0 aliphatic rings. The van der Waals surface area contributed by atoms with Crippen molar-refractivity contribution in [3.8, 4) is 11.5 Å². The van der Waals surface area contributed by atoms with Gasteiger partial charge in [0.25, 0.3) is 5.91 Å². The van der Waals surface area contributed by atoms with Gasteiger partial charge < -0.3 is 14.8 Å². The van der Waals surface area contributed by atoms with E-state index in [0.717, 1.165) is 11.3 Å². The summed E-state index contributed by atoms with van der Waals surface area (Å²) in [5, 5.41) is 3.27. The number of hydrogen-bond acceptors (Lipinski definition) is 3. The second-order valence-corrected chi connectivity index (χ2v) is 5.20. The Bertz CT molecular complexity index is 658. The standard InChI is InChI=1S/C17H18ClNO3/c1-12-4-3-5-14(10-12)22-9-8-19-17(20)15-11-13(18)6-7-16(15)21-2/h3-7,10-11H,8-9H2,1-2H3,(H,19,20). The van der Waals surface area contributed by atoms with Crippen molar-refractivity contribution in [2.24, 2.45) is 0 Å². The number of aryl methyl sites for hydroxylation is 1. The van der Waals surface area contributed by atoms with Crippen LogP contribution < -0.4 is 14.8 Å². The number of methoxy groups -OCH3 is 1. The number of carbonyl (C=O) groups excluding carboxylic acids is 1. The Hall–Kier alpha value is -2.20. The van der Waals surface area contributed by atoms with E-state index < -0.39 is 0 Å². The fourth-order valence-corrected chi connectivity index (χ4v) is 2.16. The zero-order valence-corrected chi connectivity index (χ0v) is 13.3. The van der Waals surface area contributed by atoms with Crippen molar-refractivity contribution in [3.63, 3.8) is 0 Å². The molecule has 0 heterocycles. The maximum atomic E-state index is 12.1. The Morgan fingerprint density at radius 2 is 2.05 bits per heavy atom. The Kier molecular flexibility index (Phi) is 5.67. The van der Waals surface area contributed by atoms with E-state index in [0.29, 0.717) is 29.5 Å². The number of hydrogen-bond donors (Lipinski definition) is 1. The zero-order valence-electron chi connectivity index (χ0n) is 12.6. The monoisotopic (exact) mass is 319 g/mol. The largest absolute Gasteiger partial charge is 0.496 e. The molecule has 22 heavy (non-hydrogen) atoms. The van der Waals surface area contributed by atoms with Crippen molar-refractivity contribution < 1.29 is 14.3 Å². The lowest BCUT2D eigenvalue weighted by Gasteiger charge is -2.11. The van der Waals surface area contributed by atoms with Crippen LogP contribution in [0.1, 0.15) is 15.9 Å². The summed E-state index contributed by atoms with van der Waals surface area (Å²) in [5.74, 6) is 1.03. The van der Waals surface area contributed by atoms with Gasteiger partial charge in [-0.2, -0.15) is 0 Å². The lowest BCUT2D eigenvalue weighted by atomic mass is 10.2. The number of nitrogens with one attached hydrogen (secondary N) is 1. The molecule has 0 aromatic heterocycles. The van der Waals surface area contributed by atoms with Crippen LogP contribution in [0.5, 0.6) is 11.5 Å². The van der Waals surface area contributed by atoms with E-state index in [1.807, 2.05) is 31.2 Å². The summed E-state index contributed by atoms with van der Waals surface area (Å²) in [4.78, 5) is 12.1. The second kappa shape index (κ2) is 7.71. The quantitative estimate of drug-likeness (QED) is 0.829. The number of halogens is 1. The molecule has 0 bridgehead atoms. The number of amides is 1. The highest BCUT2D eigenvalue weighted by Gasteiger charge is 2.12. The molecule has 116 valence electrons. The molecule has 0 unspecified atom stereocenters. The van der Waals surface area contributed by atoms with Crippen molar-refractivity contribution in [2.75, 3.05) is 20.3 Å². The number of ether oxygens (including phenoxy) is 2. The topological polar surface area (TPSA) is 47.6 Å². The van der Waals surface area contributed by atoms with Gasteiger partial charge >= 0.3 is 0 Å². The van der Waals surface area contributed by atoms with Crippen LogP contribution in [0, 0.1) is 6.92 Å². The molecule has 0 atom stereocenters. The Labute approximate surface area is 135 Å². The van der Waals surface area contributed by atoms with Crippen LogP contribution in [0.4, 0.5) is 0 Å². The summed E-state index contributed by atoms with van der Waals surface area (Å²) >= 11 is 5.91. The van der Waals surface area contributed by atoms with Gasteiger partial charge in [0.2, 0.25) is 0 Å². The van der Waals surface area contributed by atoms with Gasteiger partial charge in [0, 0.05) is 5.02 Å². The lowest BCUT2D eigenvalue weighted by Crippen LogP contribution is -2.28. The summed E-state index contributed by atoms with van der Waals surface area (Å²) < 4.78 is 10.7. The molecule has 0 aliphatic heterocycles. The molecule has 4 nitrogen and oxygen atoms in total. The predicted octanol–water partition coefficient (Wildman–Crippen LogP) is 3.47. The first-order valence-electron chi connectivity index (χ1n) is 6.91. The fraction of sp³-hybridized carbons (Fsp3) is 0.235. The van der Waals surface area contributed by atoms with Crippen LogP contribution >= 0.6 is 11.6 Å². The third-order valence-corrected chi connectivity index (χ3v) is 3.29. The minimum absolute atomic E-state index is 0.243. The summed E-state index contributed by atoms with van der Waals surface area (Å²) in [7, 11) is 1.51. The molecular weight excluding hydrogens is 302 g/mol. The molecular formula is C17H18ClNO3. The summed E-state index contributed by atoms with van der Waals surface area (Å²) in [6.07, 6.45) is 0. The van der Waals surface area contributed by atoms with Gasteiger partial charge in [-0.25, -0.2) is 0 Å². The van der Waals surface area contributed by atoms with Crippen LogP contribution in [-0.4, -0.2) is 26.2 Å². The van der Waals surface area contributed by atoms with E-state index in [9.17, 15) is 4.79 Å². The van der Waals surface area contributed by atoms with E-state index in [4.69, 9.17) is 21.1 Å². The van der Waals surface area contributed by atoms with Crippen LogP contribution in [0.2, 0.25) is 5.02 Å². The van der Waals surface area contributed by atoms with Crippen molar-refractivity contribution in [1.29, 1.82) is 0 Å². The molecule has 0 spiro atoms.